The molecule has 0 spiro atoms. The lowest BCUT2D eigenvalue weighted by Crippen LogP contribution is -2.38. The Morgan fingerprint density at radius 2 is 2.29 bits per heavy atom. The van der Waals surface area contributed by atoms with E-state index in [0.717, 1.165) is 43.5 Å². The zero-order valence-corrected chi connectivity index (χ0v) is 13.3. The van der Waals surface area contributed by atoms with Crippen LogP contribution in [0.4, 0.5) is 0 Å². The van der Waals surface area contributed by atoms with E-state index in [1.807, 2.05) is 18.2 Å². The van der Waals surface area contributed by atoms with Crippen molar-refractivity contribution in [3.8, 4) is 0 Å². The van der Waals surface area contributed by atoms with E-state index in [1.165, 1.54) is 0 Å². The second-order valence-corrected chi connectivity index (χ2v) is 5.85. The summed E-state index contributed by atoms with van der Waals surface area (Å²) in [6.45, 7) is 3.84. The number of amides is 1. The molecule has 2 rings (SSSR count). The molecule has 1 amide bonds. The third-order valence-corrected chi connectivity index (χ3v) is 4.00. The highest BCUT2D eigenvalue weighted by atomic mass is 16.5. The molecular formula is C17H26N2O2. The van der Waals surface area contributed by atoms with Crippen molar-refractivity contribution in [3.05, 3.63) is 35.4 Å². The highest BCUT2D eigenvalue weighted by molar-refractivity contribution is 5.94. The number of ether oxygens (including phenoxy) is 1. The first-order valence-corrected chi connectivity index (χ1v) is 7.77. The first-order valence-electron chi connectivity index (χ1n) is 7.77. The minimum Gasteiger partial charge on any atom is -0.377 e. The zero-order chi connectivity index (χ0) is 15.2. The molecule has 0 saturated carbocycles. The minimum atomic E-state index is 0.0445. The summed E-state index contributed by atoms with van der Waals surface area (Å²) in [4.78, 5) is 13.6. The van der Waals surface area contributed by atoms with E-state index in [1.54, 1.807) is 19.0 Å². The van der Waals surface area contributed by atoms with Crippen LogP contribution in [-0.4, -0.2) is 43.7 Å². The highest BCUT2D eigenvalue weighted by Crippen LogP contribution is 2.18. The van der Waals surface area contributed by atoms with Gasteiger partial charge in [0.1, 0.15) is 0 Å². The van der Waals surface area contributed by atoms with Gasteiger partial charge in [-0.05, 0) is 37.0 Å². The standard InChI is InChI=1S/C17H26N2O2/c1-4-15(16-9-6-10-21-16)18-12-13-7-5-8-14(11-13)17(20)19(2)3/h5,7-8,11,15-16,18H,4,6,9-10,12H2,1-3H3/t15-,16-/m1/s1. The summed E-state index contributed by atoms with van der Waals surface area (Å²) >= 11 is 0. The molecule has 0 bridgehead atoms. The molecule has 1 aromatic rings. The van der Waals surface area contributed by atoms with Crippen LogP contribution in [0.3, 0.4) is 0 Å². The van der Waals surface area contributed by atoms with Gasteiger partial charge in [0.2, 0.25) is 0 Å². The zero-order valence-electron chi connectivity index (χ0n) is 13.3. The molecule has 2 atom stereocenters. The molecule has 1 heterocycles. The lowest BCUT2D eigenvalue weighted by Gasteiger charge is -2.23. The van der Waals surface area contributed by atoms with Gasteiger partial charge < -0.3 is 15.0 Å². The van der Waals surface area contributed by atoms with Crippen LogP contribution in [0.2, 0.25) is 0 Å². The van der Waals surface area contributed by atoms with Crippen LogP contribution in [0.15, 0.2) is 24.3 Å². The van der Waals surface area contributed by atoms with Crippen molar-refractivity contribution >= 4 is 5.91 Å². The van der Waals surface area contributed by atoms with Crippen LogP contribution in [0.5, 0.6) is 0 Å². The predicted molar refractivity (Wildman–Crippen MR) is 84.4 cm³/mol. The van der Waals surface area contributed by atoms with Crippen LogP contribution in [-0.2, 0) is 11.3 Å². The van der Waals surface area contributed by atoms with Crippen molar-refractivity contribution < 1.29 is 9.53 Å². The van der Waals surface area contributed by atoms with E-state index in [0.29, 0.717) is 12.1 Å². The Balaban J connectivity index is 1.96. The SMILES string of the molecule is CC[C@@H](NCc1cccc(C(=O)N(C)C)c1)[C@H]1CCCO1. The second-order valence-electron chi connectivity index (χ2n) is 5.85. The van der Waals surface area contributed by atoms with Crippen LogP contribution in [0.1, 0.15) is 42.1 Å². The first kappa shape index (κ1) is 16.0. The third-order valence-electron chi connectivity index (χ3n) is 4.00. The molecule has 0 aliphatic carbocycles. The molecule has 21 heavy (non-hydrogen) atoms. The van der Waals surface area contributed by atoms with Gasteiger partial charge in [-0.1, -0.05) is 19.1 Å². The molecular weight excluding hydrogens is 264 g/mol. The summed E-state index contributed by atoms with van der Waals surface area (Å²) in [5, 5.41) is 3.57. The van der Waals surface area contributed by atoms with Gasteiger partial charge in [-0.3, -0.25) is 4.79 Å². The Bertz CT molecular complexity index is 468. The molecule has 0 aromatic heterocycles. The Morgan fingerprint density at radius 3 is 2.90 bits per heavy atom. The number of benzene rings is 1. The topological polar surface area (TPSA) is 41.6 Å². The number of nitrogens with one attached hydrogen (secondary N) is 1. The summed E-state index contributed by atoms with van der Waals surface area (Å²) < 4.78 is 5.76. The molecule has 1 aromatic carbocycles. The van der Waals surface area contributed by atoms with Crippen LogP contribution in [0, 0.1) is 0 Å². The molecule has 1 aliphatic heterocycles. The molecule has 116 valence electrons. The Kier molecular flexibility index (Phi) is 5.76. The third kappa shape index (κ3) is 4.29. The van der Waals surface area contributed by atoms with E-state index in [4.69, 9.17) is 4.74 Å². The molecule has 0 unspecified atom stereocenters. The van der Waals surface area contributed by atoms with E-state index < -0.39 is 0 Å². The largest absolute Gasteiger partial charge is 0.377 e. The highest BCUT2D eigenvalue weighted by Gasteiger charge is 2.24. The van der Waals surface area contributed by atoms with E-state index in [-0.39, 0.29) is 5.91 Å². The van der Waals surface area contributed by atoms with Gasteiger partial charge in [0.15, 0.2) is 0 Å². The fourth-order valence-corrected chi connectivity index (χ4v) is 2.78. The minimum absolute atomic E-state index is 0.0445. The smallest absolute Gasteiger partial charge is 0.253 e. The van der Waals surface area contributed by atoms with Gasteiger partial charge >= 0.3 is 0 Å². The molecule has 4 heteroatoms. The Labute approximate surface area is 127 Å². The second kappa shape index (κ2) is 7.57. The fourth-order valence-electron chi connectivity index (χ4n) is 2.78. The molecule has 1 fully saturated rings. The van der Waals surface area contributed by atoms with Crippen molar-refractivity contribution in [1.29, 1.82) is 0 Å². The molecule has 0 radical (unpaired) electrons. The van der Waals surface area contributed by atoms with Crippen molar-refractivity contribution in [2.75, 3.05) is 20.7 Å². The summed E-state index contributed by atoms with van der Waals surface area (Å²) in [6.07, 6.45) is 3.70. The van der Waals surface area contributed by atoms with Crippen molar-refractivity contribution in [1.82, 2.24) is 10.2 Å². The lowest BCUT2D eigenvalue weighted by atomic mass is 10.0. The average Bonchev–Trinajstić information content (AvgIpc) is 3.01. The monoisotopic (exact) mass is 290 g/mol. The van der Waals surface area contributed by atoms with E-state index in [2.05, 4.69) is 18.3 Å². The number of carbonyl (C=O) groups is 1. The molecule has 1 N–H and O–H groups in total. The molecule has 4 nitrogen and oxygen atoms in total. The fraction of sp³-hybridized carbons (Fsp3) is 0.588. The lowest BCUT2D eigenvalue weighted by molar-refractivity contribution is 0.0764. The Morgan fingerprint density at radius 1 is 1.48 bits per heavy atom. The number of hydrogen-bond acceptors (Lipinski definition) is 3. The predicted octanol–water partition coefficient (Wildman–Crippen LogP) is 2.44. The van der Waals surface area contributed by atoms with Gasteiger partial charge in [0.25, 0.3) is 5.91 Å². The maximum Gasteiger partial charge on any atom is 0.253 e. The molecule has 1 saturated heterocycles. The number of hydrogen-bond donors (Lipinski definition) is 1. The van der Waals surface area contributed by atoms with Gasteiger partial charge in [-0.2, -0.15) is 0 Å². The summed E-state index contributed by atoms with van der Waals surface area (Å²) in [5.41, 5.74) is 1.88. The van der Waals surface area contributed by atoms with Crippen molar-refractivity contribution in [2.24, 2.45) is 0 Å². The van der Waals surface area contributed by atoms with Crippen molar-refractivity contribution in [2.45, 2.75) is 44.9 Å². The molecule has 1 aliphatic rings. The van der Waals surface area contributed by atoms with Crippen molar-refractivity contribution in [3.63, 3.8) is 0 Å². The number of carbonyl (C=O) groups excluding carboxylic acids is 1. The van der Waals surface area contributed by atoms with Gasteiger partial charge in [0, 0.05) is 38.9 Å². The van der Waals surface area contributed by atoms with E-state index in [9.17, 15) is 4.79 Å². The van der Waals surface area contributed by atoms with Gasteiger partial charge in [-0.25, -0.2) is 0 Å². The van der Waals surface area contributed by atoms with Crippen LogP contribution in [0.25, 0.3) is 0 Å². The maximum absolute atomic E-state index is 12.0. The maximum atomic E-state index is 12.0. The normalized spacial score (nSPS) is 19.5. The quantitative estimate of drug-likeness (QED) is 0.875. The average molecular weight is 290 g/mol. The van der Waals surface area contributed by atoms with Gasteiger partial charge in [0.05, 0.1) is 6.10 Å². The van der Waals surface area contributed by atoms with E-state index >= 15 is 0 Å². The van der Waals surface area contributed by atoms with Crippen LogP contribution >= 0.6 is 0 Å². The number of nitrogens with zero attached hydrogens (tertiary/aromatic N) is 1. The number of rotatable bonds is 6. The first-order chi connectivity index (χ1) is 10.1. The summed E-state index contributed by atoms with van der Waals surface area (Å²) in [5.74, 6) is 0.0445. The van der Waals surface area contributed by atoms with Crippen LogP contribution < -0.4 is 5.32 Å². The summed E-state index contributed by atoms with van der Waals surface area (Å²) in [7, 11) is 3.55. The summed E-state index contributed by atoms with van der Waals surface area (Å²) in [6, 6.07) is 8.23. The Hall–Kier alpha value is -1.39. The van der Waals surface area contributed by atoms with Gasteiger partial charge in [-0.15, -0.1) is 0 Å².